The van der Waals surface area contributed by atoms with E-state index in [-0.39, 0.29) is 17.9 Å². The van der Waals surface area contributed by atoms with Crippen LogP contribution in [0.1, 0.15) is 25.7 Å². The van der Waals surface area contributed by atoms with Crippen molar-refractivity contribution in [3.63, 3.8) is 0 Å². The molecule has 1 aliphatic heterocycles. The summed E-state index contributed by atoms with van der Waals surface area (Å²) in [5, 5.41) is 1.95. The Balaban J connectivity index is 1.77. The molecule has 1 heterocycles. The van der Waals surface area contributed by atoms with Crippen LogP contribution in [0.3, 0.4) is 0 Å². The van der Waals surface area contributed by atoms with Crippen LogP contribution < -0.4 is 11.2 Å². The summed E-state index contributed by atoms with van der Waals surface area (Å²) >= 11 is 0. The first kappa shape index (κ1) is 11.8. The highest BCUT2D eigenvalue weighted by atomic mass is 16.5. The van der Waals surface area contributed by atoms with Crippen molar-refractivity contribution in [3.8, 4) is 0 Å². The monoisotopic (exact) mass is 227 g/mol. The fraction of sp³-hybridized carbons (Fsp3) is 0.909. The molecule has 2 rings (SSSR count). The summed E-state index contributed by atoms with van der Waals surface area (Å²) in [5.41, 5.74) is 8.85. The van der Waals surface area contributed by atoms with E-state index >= 15 is 0 Å². The van der Waals surface area contributed by atoms with Gasteiger partial charge in [0.25, 0.3) is 0 Å². The van der Waals surface area contributed by atoms with E-state index in [2.05, 4.69) is 5.43 Å². The topological polar surface area (TPSA) is 67.6 Å². The van der Waals surface area contributed by atoms with Crippen LogP contribution >= 0.6 is 0 Å². The normalized spacial score (nSPS) is 32.3. The molecule has 2 aliphatic rings. The Morgan fingerprint density at radius 1 is 1.31 bits per heavy atom. The van der Waals surface area contributed by atoms with Crippen LogP contribution in [0.4, 0.5) is 0 Å². The minimum atomic E-state index is 0.103. The van der Waals surface area contributed by atoms with Gasteiger partial charge in [-0.15, -0.1) is 0 Å². The molecule has 1 aliphatic carbocycles. The predicted molar refractivity (Wildman–Crippen MR) is 60.5 cm³/mol. The predicted octanol–water partition coefficient (Wildman–Crippen LogP) is -0.133. The minimum absolute atomic E-state index is 0.103. The maximum absolute atomic E-state index is 12.0. The molecule has 0 aromatic carbocycles. The van der Waals surface area contributed by atoms with Crippen LogP contribution in [0.15, 0.2) is 0 Å². The van der Waals surface area contributed by atoms with E-state index in [1.165, 1.54) is 0 Å². The number of rotatable bonds is 2. The first-order valence-corrected chi connectivity index (χ1v) is 6.14. The van der Waals surface area contributed by atoms with Gasteiger partial charge in [-0.05, 0) is 19.3 Å². The summed E-state index contributed by atoms with van der Waals surface area (Å²) < 4.78 is 5.23. The van der Waals surface area contributed by atoms with Crippen molar-refractivity contribution in [1.29, 1.82) is 0 Å². The first-order valence-electron chi connectivity index (χ1n) is 6.14. The lowest BCUT2D eigenvalue weighted by molar-refractivity contribution is -0.133. The molecule has 1 saturated carbocycles. The second-order valence-electron chi connectivity index (χ2n) is 4.70. The summed E-state index contributed by atoms with van der Waals surface area (Å²) in [6.45, 7) is 2.96. The van der Waals surface area contributed by atoms with Gasteiger partial charge in [0.15, 0.2) is 0 Å². The summed E-state index contributed by atoms with van der Waals surface area (Å²) in [6.07, 6.45) is 3.93. The minimum Gasteiger partial charge on any atom is -0.379 e. The number of morpholine rings is 1. The average molecular weight is 227 g/mol. The molecule has 1 amide bonds. The molecule has 1 saturated heterocycles. The molecule has 92 valence electrons. The molecule has 0 spiro atoms. The van der Waals surface area contributed by atoms with Gasteiger partial charge in [0.05, 0.1) is 13.2 Å². The Hall–Kier alpha value is -0.650. The van der Waals surface area contributed by atoms with Crippen molar-refractivity contribution in [2.24, 2.45) is 11.7 Å². The lowest BCUT2D eigenvalue weighted by Crippen LogP contribution is -2.51. The molecule has 0 aromatic rings. The van der Waals surface area contributed by atoms with E-state index in [1.807, 2.05) is 5.01 Å². The molecule has 16 heavy (non-hydrogen) atoms. The van der Waals surface area contributed by atoms with E-state index in [0.29, 0.717) is 13.2 Å². The number of nitrogens with zero attached hydrogens (tertiary/aromatic N) is 1. The molecular formula is C11H21N3O2. The largest absolute Gasteiger partial charge is 0.379 e. The number of carbonyl (C=O) groups excluding carboxylic acids is 1. The number of carbonyl (C=O) groups is 1. The highest BCUT2D eigenvalue weighted by Gasteiger charge is 2.26. The van der Waals surface area contributed by atoms with Crippen molar-refractivity contribution in [2.45, 2.75) is 31.7 Å². The molecule has 2 atom stereocenters. The van der Waals surface area contributed by atoms with Crippen molar-refractivity contribution >= 4 is 5.91 Å². The molecule has 2 fully saturated rings. The van der Waals surface area contributed by atoms with Crippen molar-refractivity contribution in [3.05, 3.63) is 0 Å². The highest BCUT2D eigenvalue weighted by Crippen LogP contribution is 2.23. The molecular weight excluding hydrogens is 206 g/mol. The van der Waals surface area contributed by atoms with Gasteiger partial charge >= 0.3 is 0 Å². The van der Waals surface area contributed by atoms with E-state index in [9.17, 15) is 4.79 Å². The molecule has 5 nitrogen and oxygen atoms in total. The maximum atomic E-state index is 12.0. The molecule has 0 radical (unpaired) electrons. The third kappa shape index (κ3) is 3.17. The lowest BCUT2D eigenvalue weighted by atomic mass is 9.86. The molecule has 2 unspecified atom stereocenters. The van der Waals surface area contributed by atoms with Gasteiger partial charge in [0.2, 0.25) is 5.91 Å². The van der Waals surface area contributed by atoms with Crippen LogP contribution in [0.5, 0.6) is 0 Å². The van der Waals surface area contributed by atoms with Gasteiger partial charge in [-0.25, -0.2) is 5.01 Å². The Kier molecular flexibility index (Phi) is 4.15. The summed E-state index contributed by atoms with van der Waals surface area (Å²) in [6, 6.07) is 0.203. The number of hydrazine groups is 1. The van der Waals surface area contributed by atoms with Crippen LogP contribution in [-0.2, 0) is 9.53 Å². The Morgan fingerprint density at radius 2 is 2.06 bits per heavy atom. The zero-order valence-electron chi connectivity index (χ0n) is 9.65. The summed E-state index contributed by atoms with van der Waals surface area (Å²) in [7, 11) is 0. The number of hydrogen-bond acceptors (Lipinski definition) is 4. The zero-order chi connectivity index (χ0) is 11.4. The smallest absolute Gasteiger partial charge is 0.237 e. The Labute approximate surface area is 96.3 Å². The van der Waals surface area contributed by atoms with Crippen LogP contribution in [-0.4, -0.2) is 43.3 Å². The van der Waals surface area contributed by atoms with Gasteiger partial charge in [-0.2, -0.15) is 0 Å². The zero-order valence-corrected chi connectivity index (χ0v) is 9.65. The molecule has 0 bridgehead atoms. The van der Waals surface area contributed by atoms with Gasteiger partial charge in [0.1, 0.15) is 0 Å². The van der Waals surface area contributed by atoms with E-state index in [1.54, 1.807) is 0 Å². The molecule has 0 aromatic heterocycles. The highest BCUT2D eigenvalue weighted by molar-refractivity contribution is 5.78. The second kappa shape index (κ2) is 5.61. The SMILES string of the molecule is NC1CCCC(C(=O)NN2CCOCC2)C1. The van der Waals surface area contributed by atoms with Crippen molar-refractivity contribution in [1.82, 2.24) is 10.4 Å². The number of nitrogens with one attached hydrogen (secondary N) is 1. The Bertz CT molecular complexity index is 241. The molecule has 3 N–H and O–H groups in total. The number of ether oxygens (including phenoxy) is 1. The maximum Gasteiger partial charge on any atom is 0.237 e. The lowest BCUT2D eigenvalue weighted by Gasteiger charge is -2.31. The van der Waals surface area contributed by atoms with E-state index < -0.39 is 0 Å². The summed E-state index contributed by atoms with van der Waals surface area (Å²) in [5.74, 6) is 0.239. The van der Waals surface area contributed by atoms with Crippen LogP contribution in [0.25, 0.3) is 0 Å². The van der Waals surface area contributed by atoms with E-state index in [0.717, 1.165) is 38.8 Å². The number of amides is 1. The van der Waals surface area contributed by atoms with Gasteiger partial charge in [0, 0.05) is 25.0 Å². The fourth-order valence-electron chi connectivity index (χ4n) is 2.39. The number of hydrogen-bond donors (Lipinski definition) is 2. The first-order chi connectivity index (χ1) is 7.75. The van der Waals surface area contributed by atoms with E-state index in [4.69, 9.17) is 10.5 Å². The van der Waals surface area contributed by atoms with Gasteiger partial charge in [-0.3, -0.25) is 10.2 Å². The third-order valence-corrected chi connectivity index (χ3v) is 3.36. The van der Waals surface area contributed by atoms with Crippen molar-refractivity contribution in [2.75, 3.05) is 26.3 Å². The quantitative estimate of drug-likeness (QED) is 0.689. The summed E-state index contributed by atoms with van der Waals surface area (Å²) in [4.78, 5) is 12.0. The third-order valence-electron chi connectivity index (χ3n) is 3.36. The second-order valence-corrected chi connectivity index (χ2v) is 4.70. The molecule has 5 heteroatoms. The van der Waals surface area contributed by atoms with Crippen LogP contribution in [0.2, 0.25) is 0 Å². The number of nitrogens with two attached hydrogens (primary N) is 1. The van der Waals surface area contributed by atoms with Crippen LogP contribution in [0, 0.1) is 5.92 Å². The van der Waals surface area contributed by atoms with Gasteiger partial charge in [-0.1, -0.05) is 6.42 Å². The fourth-order valence-corrected chi connectivity index (χ4v) is 2.39. The standard InChI is InChI=1S/C11H21N3O2/c12-10-3-1-2-9(8-10)11(15)13-14-4-6-16-7-5-14/h9-10H,1-8,12H2,(H,13,15). The van der Waals surface area contributed by atoms with Crippen molar-refractivity contribution < 1.29 is 9.53 Å². The average Bonchev–Trinajstić information content (AvgIpc) is 2.30. The Morgan fingerprint density at radius 3 is 2.75 bits per heavy atom. The van der Waals surface area contributed by atoms with Gasteiger partial charge < -0.3 is 10.5 Å².